The molecule has 0 radical (unpaired) electrons. The van der Waals surface area contributed by atoms with Crippen LogP contribution in [-0.2, 0) is 16.5 Å². The molecule has 0 saturated heterocycles. The summed E-state index contributed by atoms with van der Waals surface area (Å²) in [5, 5.41) is 13.3. The van der Waals surface area contributed by atoms with Gasteiger partial charge < -0.3 is 9.47 Å². The third-order valence-corrected chi connectivity index (χ3v) is 4.40. The molecule has 0 unspecified atom stereocenters. The van der Waals surface area contributed by atoms with Crippen LogP contribution >= 0.6 is 11.6 Å². The summed E-state index contributed by atoms with van der Waals surface area (Å²) in [6.45, 7) is 6.93. The number of pyridine rings is 1. The van der Waals surface area contributed by atoms with E-state index in [1.54, 1.807) is 53.1 Å². The number of aryl methyl sites for hydroxylation is 1. The Balaban J connectivity index is 1.70. The van der Waals surface area contributed by atoms with E-state index in [0.717, 1.165) is 0 Å². The Bertz CT molecular complexity index is 1140. The van der Waals surface area contributed by atoms with Crippen molar-refractivity contribution >= 4 is 35.4 Å². The molecule has 174 valence electrons. The Hall–Kier alpha value is -3.80. The molecule has 3 heterocycles. The van der Waals surface area contributed by atoms with Gasteiger partial charge in [-0.2, -0.15) is 0 Å². The van der Waals surface area contributed by atoms with Crippen molar-refractivity contribution in [2.45, 2.75) is 39.4 Å². The van der Waals surface area contributed by atoms with Crippen molar-refractivity contribution in [3.05, 3.63) is 41.4 Å². The highest BCUT2D eigenvalue weighted by molar-refractivity contribution is 6.30. The van der Waals surface area contributed by atoms with Crippen molar-refractivity contribution in [3.63, 3.8) is 0 Å². The lowest BCUT2D eigenvalue weighted by molar-refractivity contribution is 0.0635. The van der Waals surface area contributed by atoms with Gasteiger partial charge in [0.25, 0.3) is 0 Å². The van der Waals surface area contributed by atoms with E-state index in [2.05, 4.69) is 35.9 Å². The van der Waals surface area contributed by atoms with Crippen LogP contribution in [-0.4, -0.2) is 47.7 Å². The number of amides is 2. The Morgan fingerprint density at radius 3 is 2.52 bits per heavy atom. The van der Waals surface area contributed by atoms with Crippen molar-refractivity contribution in [2.75, 3.05) is 10.6 Å². The first-order valence-corrected chi connectivity index (χ1v) is 10.2. The molecular weight excluding hydrogens is 452 g/mol. The fraction of sp³-hybridized carbons (Fsp3) is 0.350. The molecule has 0 aliphatic heterocycles. The van der Waals surface area contributed by atoms with Gasteiger partial charge in [0.15, 0.2) is 17.3 Å². The number of carbonyl (C=O) groups is 2. The van der Waals surface area contributed by atoms with Crippen LogP contribution < -0.4 is 10.6 Å². The van der Waals surface area contributed by atoms with E-state index < -0.39 is 23.9 Å². The minimum Gasteiger partial charge on any atom is -0.444 e. The largest absolute Gasteiger partial charge is 0.444 e. The summed E-state index contributed by atoms with van der Waals surface area (Å²) in [6.07, 6.45) is 2.21. The van der Waals surface area contributed by atoms with Gasteiger partial charge in [-0.25, -0.2) is 29.2 Å². The average Bonchev–Trinajstić information content (AvgIpc) is 3.07. The third kappa shape index (κ3) is 6.35. The lowest BCUT2D eigenvalue weighted by Crippen LogP contribution is -2.27. The second-order valence-electron chi connectivity index (χ2n) is 7.88. The van der Waals surface area contributed by atoms with E-state index in [9.17, 15) is 9.59 Å². The zero-order chi connectivity index (χ0) is 24.2. The predicted molar refractivity (Wildman–Crippen MR) is 120 cm³/mol. The summed E-state index contributed by atoms with van der Waals surface area (Å²) in [5.41, 5.74) is 0.498. The molecule has 0 saturated carbocycles. The zero-order valence-corrected chi connectivity index (χ0v) is 19.4. The van der Waals surface area contributed by atoms with Crippen LogP contribution in [0.3, 0.4) is 0 Å². The summed E-state index contributed by atoms with van der Waals surface area (Å²) in [7, 11) is 1.60. The fourth-order valence-electron chi connectivity index (χ4n) is 2.64. The van der Waals surface area contributed by atoms with Crippen molar-refractivity contribution in [1.82, 2.24) is 29.9 Å². The number of anilines is 2. The molecular formula is C20H23ClN8O4. The normalized spacial score (nSPS) is 12.1. The van der Waals surface area contributed by atoms with Gasteiger partial charge in [0.1, 0.15) is 22.6 Å². The topological polar surface area (TPSA) is 146 Å². The number of halogens is 1. The van der Waals surface area contributed by atoms with Gasteiger partial charge >= 0.3 is 12.2 Å². The van der Waals surface area contributed by atoms with E-state index in [1.165, 1.54) is 17.1 Å². The Morgan fingerprint density at radius 2 is 1.88 bits per heavy atom. The monoisotopic (exact) mass is 474 g/mol. The molecule has 3 aromatic rings. The van der Waals surface area contributed by atoms with E-state index >= 15 is 0 Å². The number of hydrogen-bond acceptors (Lipinski definition) is 9. The van der Waals surface area contributed by atoms with Gasteiger partial charge in [-0.05, 0) is 33.8 Å². The van der Waals surface area contributed by atoms with E-state index in [4.69, 9.17) is 21.1 Å². The van der Waals surface area contributed by atoms with Crippen molar-refractivity contribution < 1.29 is 19.1 Å². The molecule has 0 aliphatic rings. The minimum absolute atomic E-state index is 0.188. The number of hydrogen-bond donors (Lipinski definition) is 2. The van der Waals surface area contributed by atoms with Crippen molar-refractivity contribution in [3.8, 4) is 11.4 Å². The maximum absolute atomic E-state index is 12.5. The Labute approximate surface area is 194 Å². The molecule has 12 nitrogen and oxygen atoms in total. The molecule has 13 heteroatoms. The lowest BCUT2D eigenvalue weighted by atomic mass is 10.2. The number of ether oxygens (including phenoxy) is 2. The minimum atomic E-state index is -0.745. The van der Waals surface area contributed by atoms with E-state index in [0.29, 0.717) is 11.3 Å². The number of aromatic nitrogens is 6. The summed E-state index contributed by atoms with van der Waals surface area (Å²) in [6, 6.07) is 3.41. The number of rotatable bonds is 5. The van der Waals surface area contributed by atoms with Gasteiger partial charge in [0.05, 0.1) is 12.4 Å². The molecule has 1 atom stereocenters. The smallest absolute Gasteiger partial charge is 0.413 e. The van der Waals surface area contributed by atoms with E-state index in [1.807, 2.05) is 0 Å². The van der Waals surface area contributed by atoms with Crippen LogP contribution in [0.25, 0.3) is 11.4 Å². The Kier molecular flexibility index (Phi) is 7.07. The Morgan fingerprint density at radius 1 is 1.12 bits per heavy atom. The van der Waals surface area contributed by atoms with Gasteiger partial charge in [-0.1, -0.05) is 22.9 Å². The molecule has 0 spiro atoms. The third-order valence-electron chi connectivity index (χ3n) is 4.08. The molecule has 2 N–H and O–H groups in total. The number of nitrogens with zero attached hydrogens (tertiary/aromatic N) is 6. The van der Waals surface area contributed by atoms with E-state index in [-0.39, 0.29) is 22.5 Å². The van der Waals surface area contributed by atoms with Crippen LogP contribution in [0.5, 0.6) is 0 Å². The summed E-state index contributed by atoms with van der Waals surface area (Å²) >= 11 is 6.06. The maximum atomic E-state index is 12.5. The fourth-order valence-corrected chi connectivity index (χ4v) is 2.92. The summed E-state index contributed by atoms with van der Waals surface area (Å²) < 4.78 is 11.9. The van der Waals surface area contributed by atoms with Gasteiger partial charge in [-0.15, -0.1) is 5.10 Å². The van der Waals surface area contributed by atoms with Gasteiger partial charge in [0.2, 0.25) is 0 Å². The van der Waals surface area contributed by atoms with Gasteiger partial charge in [0, 0.05) is 18.8 Å². The predicted octanol–water partition coefficient (Wildman–Crippen LogP) is 3.98. The number of nitrogens with one attached hydrogen (secondary N) is 2. The quantitative estimate of drug-likeness (QED) is 0.524. The molecule has 3 rings (SSSR count). The number of carbonyl (C=O) groups excluding carboxylic acids is 2. The lowest BCUT2D eigenvalue weighted by Gasteiger charge is -2.19. The van der Waals surface area contributed by atoms with Crippen molar-refractivity contribution in [2.24, 2.45) is 7.05 Å². The molecule has 0 bridgehead atoms. The second-order valence-corrected chi connectivity index (χ2v) is 8.24. The molecule has 0 aromatic carbocycles. The standard InChI is InChI=1S/C20H23ClN8O4/c1-11(12-7-6-8-22-16(12)21)32-18(30)26-17-15(27-28-29(17)5)13-9-24-14(10-23-13)25-19(31)33-20(2,3)4/h6-11H,1-5H3,(H,26,30)(H,24,25,31)/t11-/m1/s1. The SMILES string of the molecule is C[C@@H](OC(=O)Nc1c(-c2cnc(NC(=O)OC(C)(C)C)cn2)nnn1C)c1cccnc1Cl. The van der Waals surface area contributed by atoms with Crippen molar-refractivity contribution in [1.29, 1.82) is 0 Å². The highest BCUT2D eigenvalue weighted by Crippen LogP contribution is 2.26. The first-order chi connectivity index (χ1) is 15.5. The maximum Gasteiger partial charge on any atom is 0.413 e. The molecule has 33 heavy (non-hydrogen) atoms. The van der Waals surface area contributed by atoms with Gasteiger partial charge in [-0.3, -0.25) is 10.6 Å². The first-order valence-electron chi connectivity index (χ1n) is 9.83. The molecule has 2 amide bonds. The summed E-state index contributed by atoms with van der Waals surface area (Å²) in [4.78, 5) is 36.7. The van der Waals surface area contributed by atoms with Crippen LogP contribution in [0.2, 0.25) is 5.15 Å². The highest BCUT2D eigenvalue weighted by atomic mass is 35.5. The van der Waals surface area contributed by atoms with Crippen LogP contribution in [0.1, 0.15) is 39.4 Å². The molecule has 0 fully saturated rings. The molecule has 0 aliphatic carbocycles. The second kappa shape index (κ2) is 9.77. The first kappa shape index (κ1) is 23.9. The molecule has 3 aromatic heterocycles. The zero-order valence-electron chi connectivity index (χ0n) is 18.7. The highest BCUT2D eigenvalue weighted by Gasteiger charge is 2.21. The van der Waals surface area contributed by atoms with Crippen LogP contribution in [0, 0.1) is 0 Å². The van der Waals surface area contributed by atoms with Crippen LogP contribution in [0.15, 0.2) is 30.7 Å². The summed E-state index contributed by atoms with van der Waals surface area (Å²) in [5.74, 6) is 0.430. The average molecular weight is 475 g/mol. The van der Waals surface area contributed by atoms with Crippen LogP contribution in [0.4, 0.5) is 21.2 Å².